The molecule has 0 N–H and O–H groups in total. The van der Waals surface area contributed by atoms with Crippen LogP contribution in [-0.2, 0) is 12.2 Å². The van der Waals surface area contributed by atoms with Gasteiger partial charge in [0, 0.05) is 0 Å². The zero-order valence-corrected chi connectivity index (χ0v) is 19.6. The lowest BCUT2D eigenvalue weighted by Gasteiger charge is -2.22. The van der Waals surface area contributed by atoms with Gasteiger partial charge >= 0.3 is 12.2 Å². The number of halogens is 4. The summed E-state index contributed by atoms with van der Waals surface area (Å²) >= 11 is 0. The van der Waals surface area contributed by atoms with E-state index in [0.717, 1.165) is 11.1 Å². The van der Waals surface area contributed by atoms with Crippen molar-refractivity contribution in [3.63, 3.8) is 0 Å². The molecular weight excluding hydrogens is 468 g/mol. The van der Waals surface area contributed by atoms with Crippen LogP contribution in [0.3, 0.4) is 0 Å². The molecule has 0 saturated carbocycles. The van der Waals surface area contributed by atoms with E-state index in [2.05, 4.69) is 0 Å². The number of aryl methyl sites for hydroxylation is 2. The van der Waals surface area contributed by atoms with Crippen LogP contribution in [0.4, 0.5) is 17.6 Å². The van der Waals surface area contributed by atoms with Gasteiger partial charge in [-0.25, -0.2) is 0 Å². The minimum Gasteiger partial charge on any atom is -0.429 e. The van der Waals surface area contributed by atoms with Gasteiger partial charge in [-0.2, -0.15) is 17.6 Å². The largest absolute Gasteiger partial charge is 0.429 e. The first kappa shape index (κ1) is 23.7. The molecule has 0 fully saturated rings. The van der Waals surface area contributed by atoms with E-state index in [9.17, 15) is 0 Å². The van der Waals surface area contributed by atoms with Crippen molar-refractivity contribution < 1.29 is 27.0 Å². The standard InChI is InChI=1S/C30H22F4O2/c1-19-11-17-27(25-9-5-3-7-23(19)25)29(31,32)35-21-13-15-22(16-14-21)36-30(33,34)28-18-12-20(2)24-8-4-6-10-26(24)28/h3-18H,1-2H3. The third kappa shape index (κ3) is 4.35. The highest BCUT2D eigenvalue weighted by Gasteiger charge is 2.38. The Bertz CT molecular complexity index is 1440. The van der Waals surface area contributed by atoms with Crippen LogP contribution in [0, 0.1) is 13.8 Å². The second-order valence-electron chi connectivity index (χ2n) is 8.66. The number of alkyl halides is 4. The second kappa shape index (κ2) is 8.86. The van der Waals surface area contributed by atoms with Gasteiger partial charge in [0.05, 0.1) is 11.1 Å². The molecular formula is C30H22F4O2. The Kier molecular flexibility index (Phi) is 5.83. The molecule has 0 spiro atoms. The van der Waals surface area contributed by atoms with Crippen molar-refractivity contribution in [3.05, 3.63) is 119 Å². The number of fused-ring (bicyclic) bond motifs is 2. The maximum absolute atomic E-state index is 15.1. The molecule has 0 heterocycles. The summed E-state index contributed by atoms with van der Waals surface area (Å²) < 4.78 is 70.4. The second-order valence-corrected chi connectivity index (χ2v) is 8.66. The number of ether oxygens (including phenoxy) is 2. The van der Waals surface area contributed by atoms with Crippen molar-refractivity contribution in [1.29, 1.82) is 0 Å². The molecule has 5 rings (SSSR count). The smallest absolute Gasteiger partial charge is 0.427 e. The van der Waals surface area contributed by atoms with Crippen molar-refractivity contribution >= 4 is 21.5 Å². The molecule has 5 aromatic rings. The lowest BCUT2D eigenvalue weighted by molar-refractivity contribution is -0.186. The molecule has 0 radical (unpaired) electrons. The van der Waals surface area contributed by atoms with Gasteiger partial charge in [0.1, 0.15) is 11.5 Å². The maximum Gasteiger partial charge on any atom is 0.427 e. The molecule has 0 aliphatic heterocycles. The summed E-state index contributed by atoms with van der Waals surface area (Å²) in [6.07, 6.45) is -7.28. The third-order valence-electron chi connectivity index (χ3n) is 6.23. The first-order chi connectivity index (χ1) is 17.2. The highest BCUT2D eigenvalue weighted by atomic mass is 19.3. The summed E-state index contributed by atoms with van der Waals surface area (Å²) in [6, 6.07) is 24.3. The van der Waals surface area contributed by atoms with Crippen molar-refractivity contribution in [2.45, 2.75) is 26.1 Å². The Balaban J connectivity index is 1.39. The molecule has 0 saturated heterocycles. The van der Waals surface area contributed by atoms with Crippen molar-refractivity contribution in [2.75, 3.05) is 0 Å². The molecule has 0 aliphatic carbocycles. The zero-order chi connectivity index (χ0) is 25.5. The molecule has 5 aromatic carbocycles. The molecule has 36 heavy (non-hydrogen) atoms. The lowest BCUT2D eigenvalue weighted by atomic mass is 10.00. The molecule has 2 nitrogen and oxygen atoms in total. The van der Waals surface area contributed by atoms with Gasteiger partial charge in [0.2, 0.25) is 0 Å². The van der Waals surface area contributed by atoms with Crippen LogP contribution < -0.4 is 9.47 Å². The van der Waals surface area contributed by atoms with Crippen LogP contribution in [0.25, 0.3) is 21.5 Å². The van der Waals surface area contributed by atoms with Gasteiger partial charge in [0.15, 0.2) is 0 Å². The van der Waals surface area contributed by atoms with E-state index in [-0.39, 0.29) is 22.6 Å². The molecule has 0 unspecified atom stereocenters. The maximum atomic E-state index is 15.1. The predicted molar refractivity (Wildman–Crippen MR) is 133 cm³/mol. The summed E-state index contributed by atoms with van der Waals surface area (Å²) in [5.41, 5.74) is 1.19. The topological polar surface area (TPSA) is 18.5 Å². The third-order valence-corrected chi connectivity index (χ3v) is 6.23. The average molecular weight is 490 g/mol. The van der Waals surface area contributed by atoms with Crippen LogP contribution in [0.15, 0.2) is 97.1 Å². The summed E-state index contributed by atoms with van der Waals surface area (Å²) in [4.78, 5) is 0. The Labute approximate surface area is 205 Å². The van der Waals surface area contributed by atoms with Crippen molar-refractivity contribution in [3.8, 4) is 11.5 Å². The first-order valence-electron chi connectivity index (χ1n) is 11.4. The van der Waals surface area contributed by atoms with Gasteiger partial charge in [0.25, 0.3) is 0 Å². The van der Waals surface area contributed by atoms with E-state index in [1.807, 2.05) is 13.8 Å². The summed E-state index contributed by atoms with van der Waals surface area (Å²) in [5.74, 6) is -0.359. The average Bonchev–Trinajstić information content (AvgIpc) is 2.85. The fraction of sp³-hybridized carbons (Fsp3) is 0.133. The van der Waals surface area contributed by atoms with Crippen LogP contribution in [-0.4, -0.2) is 0 Å². The normalized spacial score (nSPS) is 12.2. The first-order valence-corrected chi connectivity index (χ1v) is 11.4. The number of rotatable bonds is 6. The van der Waals surface area contributed by atoms with Crippen molar-refractivity contribution in [2.24, 2.45) is 0 Å². The SMILES string of the molecule is Cc1ccc(C(F)(F)Oc2ccc(OC(F)(F)c3ccc(C)c4ccccc34)cc2)c2ccccc12. The summed E-state index contributed by atoms with van der Waals surface area (Å²) in [7, 11) is 0. The number of hydrogen-bond acceptors (Lipinski definition) is 2. The highest BCUT2D eigenvalue weighted by molar-refractivity contribution is 5.89. The van der Waals surface area contributed by atoms with Gasteiger partial charge in [-0.15, -0.1) is 0 Å². The minimum absolute atomic E-state index is 0.180. The van der Waals surface area contributed by atoms with Crippen molar-refractivity contribution in [1.82, 2.24) is 0 Å². The van der Waals surface area contributed by atoms with Gasteiger partial charge in [-0.3, -0.25) is 0 Å². The molecule has 0 aromatic heterocycles. The summed E-state index contributed by atoms with van der Waals surface area (Å²) in [5, 5.41) is 2.17. The quantitative estimate of drug-likeness (QED) is 0.221. The molecule has 6 heteroatoms. The van der Waals surface area contributed by atoms with Gasteiger partial charge in [-0.05, 0) is 82.9 Å². The predicted octanol–water partition coefficient (Wildman–Crippen LogP) is 8.87. The van der Waals surface area contributed by atoms with Crippen LogP contribution in [0.1, 0.15) is 22.3 Å². The molecule has 0 amide bonds. The Morgan fingerprint density at radius 2 is 0.778 bits per heavy atom. The van der Waals surface area contributed by atoms with Crippen LogP contribution in [0.5, 0.6) is 11.5 Å². The highest BCUT2D eigenvalue weighted by Crippen LogP contribution is 2.39. The van der Waals surface area contributed by atoms with E-state index in [1.54, 1.807) is 60.7 Å². The van der Waals surface area contributed by atoms with E-state index in [0.29, 0.717) is 21.5 Å². The molecule has 0 aliphatic rings. The Hall–Kier alpha value is -4.06. The van der Waals surface area contributed by atoms with E-state index < -0.39 is 12.2 Å². The number of benzene rings is 5. The van der Waals surface area contributed by atoms with E-state index in [1.165, 1.54) is 36.4 Å². The van der Waals surface area contributed by atoms with E-state index in [4.69, 9.17) is 9.47 Å². The Morgan fingerprint density at radius 1 is 0.444 bits per heavy atom. The zero-order valence-electron chi connectivity index (χ0n) is 19.6. The monoisotopic (exact) mass is 490 g/mol. The molecule has 0 atom stereocenters. The van der Waals surface area contributed by atoms with Gasteiger partial charge < -0.3 is 9.47 Å². The fourth-order valence-corrected chi connectivity index (χ4v) is 4.39. The fourth-order valence-electron chi connectivity index (χ4n) is 4.39. The Morgan fingerprint density at radius 3 is 1.14 bits per heavy atom. The number of hydrogen-bond donors (Lipinski definition) is 0. The minimum atomic E-state index is -3.64. The summed E-state index contributed by atoms with van der Waals surface area (Å²) in [6.45, 7) is 3.69. The van der Waals surface area contributed by atoms with Crippen LogP contribution >= 0.6 is 0 Å². The lowest BCUT2D eigenvalue weighted by Crippen LogP contribution is -2.23. The molecule has 0 bridgehead atoms. The van der Waals surface area contributed by atoms with Gasteiger partial charge in [-0.1, -0.05) is 60.7 Å². The molecule has 182 valence electrons. The van der Waals surface area contributed by atoms with Crippen LogP contribution in [0.2, 0.25) is 0 Å². The van der Waals surface area contributed by atoms with E-state index >= 15 is 17.6 Å².